The van der Waals surface area contributed by atoms with Crippen molar-refractivity contribution in [2.45, 2.75) is 63.6 Å². The summed E-state index contributed by atoms with van der Waals surface area (Å²) >= 11 is 0. The van der Waals surface area contributed by atoms with E-state index in [0.717, 1.165) is 38.5 Å². The van der Waals surface area contributed by atoms with Crippen LogP contribution < -0.4 is 5.32 Å². The van der Waals surface area contributed by atoms with Crippen molar-refractivity contribution in [2.75, 3.05) is 13.7 Å². The maximum atomic E-state index is 12.4. The zero-order chi connectivity index (χ0) is 13.8. The first-order chi connectivity index (χ1) is 9.15. The van der Waals surface area contributed by atoms with E-state index < -0.39 is 0 Å². The van der Waals surface area contributed by atoms with E-state index in [-0.39, 0.29) is 36.5 Å². The standard InChI is InChI=1S/C14H24N2O3/c1-3-5-12-14(18)16(9-13(17)15-12)10-6-4-7-11(8-10)19-2/h10-12H,3-9H2,1-2H3,(H,15,17). The Labute approximate surface area is 114 Å². The quantitative estimate of drug-likeness (QED) is 0.829. The largest absolute Gasteiger partial charge is 0.381 e. The molecular weight excluding hydrogens is 244 g/mol. The van der Waals surface area contributed by atoms with Crippen LogP contribution in [0.15, 0.2) is 0 Å². The Morgan fingerprint density at radius 1 is 1.37 bits per heavy atom. The molecule has 5 heteroatoms. The van der Waals surface area contributed by atoms with Crippen molar-refractivity contribution >= 4 is 11.8 Å². The molecule has 1 saturated carbocycles. The molecule has 108 valence electrons. The van der Waals surface area contributed by atoms with Crippen molar-refractivity contribution in [1.29, 1.82) is 0 Å². The molecule has 2 fully saturated rings. The predicted molar refractivity (Wildman–Crippen MR) is 71.6 cm³/mol. The van der Waals surface area contributed by atoms with Gasteiger partial charge in [0.25, 0.3) is 0 Å². The highest BCUT2D eigenvalue weighted by atomic mass is 16.5. The zero-order valence-corrected chi connectivity index (χ0v) is 11.9. The Morgan fingerprint density at radius 2 is 2.16 bits per heavy atom. The van der Waals surface area contributed by atoms with Crippen molar-refractivity contribution in [3.05, 3.63) is 0 Å². The molecule has 5 nitrogen and oxygen atoms in total. The van der Waals surface area contributed by atoms with Gasteiger partial charge in [0, 0.05) is 13.2 Å². The molecule has 1 aliphatic heterocycles. The van der Waals surface area contributed by atoms with E-state index in [1.165, 1.54) is 0 Å². The fourth-order valence-electron chi connectivity index (χ4n) is 3.15. The van der Waals surface area contributed by atoms with Crippen LogP contribution in [0.3, 0.4) is 0 Å². The first kappa shape index (κ1) is 14.3. The second kappa shape index (κ2) is 6.37. The van der Waals surface area contributed by atoms with E-state index >= 15 is 0 Å². The Morgan fingerprint density at radius 3 is 2.84 bits per heavy atom. The van der Waals surface area contributed by atoms with Crippen molar-refractivity contribution in [3.8, 4) is 0 Å². The van der Waals surface area contributed by atoms with E-state index in [4.69, 9.17) is 4.74 Å². The van der Waals surface area contributed by atoms with Crippen molar-refractivity contribution in [2.24, 2.45) is 0 Å². The molecule has 0 bridgehead atoms. The van der Waals surface area contributed by atoms with Crippen molar-refractivity contribution in [1.82, 2.24) is 10.2 Å². The minimum absolute atomic E-state index is 0.0300. The molecule has 1 saturated heterocycles. The molecule has 3 atom stereocenters. The summed E-state index contributed by atoms with van der Waals surface area (Å²) in [5.74, 6) is 0.0563. The number of methoxy groups -OCH3 is 1. The number of carbonyl (C=O) groups excluding carboxylic acids is 2. The summed E-state index contributed by atoms with van der Waals surface area (Å²) in [6, 6.07) is -0.161. The fourth-order valence-corrected chi connectivity index (χ4v) is 3.15. The summed E-state index contributed by atoms with van der Waals surface area (Å²) in [5, 5.41) is 2.80. The summed E-state index contributed by atoms with van der Waals surface area (Å²) in [6.45, 7) is 2.24. The van der Waals surface area contributed by atoms with E-state index in [1.54, 1.807) is 12.0 Å². The minimum Gasteiger partial charge on any atom is -0.381 e. The van der Waals surface area contributed by atoms with Crippen LogP contribution in [0.2, 0.25) is 0 Å². The molecule has 1 heterocycles. The summed E-state index contributed by atoms with van der Waals surface area (Å²) in [4.78, 5) is 26.0. The first-order valence-electron chi connectivity index (χ1n) is 7.28. The van der Waals surface area contributed by atoms with E-state index in [0.29, 0.717) is 0 Å². The number of ether oxygens (including phenoxy) is 1. The number of piperazine rings is 1. The normalized spacial score (nSPS) is 32.3. The predicted octanol–water partition coefficient (Wildman–Crippen LogP) is 1.07. The number of nitrogens with one attached hydrogen (secondary N) is 1. The molecule has 2 amide bonds. The van der Waals surface area contributed by atoms with Crippen LogP contribution in [0.5, 0.6) is 0 Å². The Bertz CT molecular complexity index is 346. The van der Waals surface area contributed by atoms with Crippen LogP contribution in [0.1, 0.15) is 45.4 Å². The van der Waals surface area contributed by atoms with E-state index in [9.17, 15) is 9.59 Å². The topological polar surface area (TPSA) is 58.6 Å². The fraction of sp³-hybridized carbons (Fsp3) is 0.857. The van der Waals surface area contributed by atoms with Gasteiger partial charge in [-0.15, -0.1) is 0 Å². The molecule has 1 aliphatic carbocycles. The third-order valence-corrected chi connectivity index (χ3v) is 4.18. The van der Waals surface area contributed by atoms with Crippen LogP contribution >= 0.6 is 0 Å². The van der Waals surface area contributed by atoms with Crippen molar-refractivity contribution in [3.63, 3.8) is 0 Å². The maximum absolute atomic E-state index is 12.4. The molecule has 0 aromatic rings. The molecule has 2 rings (SSSR count). The van der Waals surface area contributed by atoms with E-state index in [1.807, 2.05) is 6.92 Å². The molecule has 2 aliphatic rings. The van der Waals surface area contributed by atoms with Gasteiger partial charge in [0.2, 0.25) is 11.8 Å². The zero-order valence-electron chi connectivity index (χ0n) is 11.9. The first-order valence-corrected chi connectivity index (χ1v) is 7.28. The lowest BCUT2D eigenvalue weighted by atomic mass is 9.90. The van der Waals surface area contributed by atoms with Gasteiger partial charge in [0.1, 0.15) is 6.04 Å². The molecule has 19 heavy (non-hydrogen) atoms. The number of hydrogen-bond acceptors (Lipinski definition) is 3. The summed E-state index contributed by atoms with van der Waals surface area (Å²) in [6.07, 6.45) is 5.80. The van der Waals surface area contributed by atoms with Gasteiger partial charge in [-0.3, -0.25) is 9.59 Å². The maximum Gasteiger partial charge on any atom is 0.245 e. The van der Waals surface area contributed by atoms with Crippen LogP contribution in [-0.4, -0.2) is 48.6 Å². The second-order valence-electron chi connectivity index (χ2n) is 5.55. The van der Waals surface area contributed by atoms with Crippen molar-refractivity contribution < 1.29 is 14.3 Å². The molecule has 0 radical (unpaired) electrons. The van der Waals surface area contributed by atoms with Crippen LogP contribution in [0.4, 0.5) is 0 Å². The van der Waals surface area contributed by atoms with Gasteiger partial charge in [-0.1, -0.05) is 13.3 Å². The van der Waals surface area contributed by atoms with Gasteiger partial charge in [-0.2, -0.15) is 0 Å². The minimum atomic E-state index is -0.325. The van der Waals surface area contributed by atoms with Crippen LogP contribution in [-0.2, 0) is 14.3 Å². The smallest absolute Gasteiger partial charge is 0.245 e. The lowest BCUT2D eigenvalue weighted by molar-refractivity contribution is -0.148. The molecule has 3 unspecified atom stereocenters. The summed E-state index contributed by atoms with van der Waals surface area (Å²) in [7, 11) is 1.72. The number of amides is 2. The van der Waals surface area contributed by atoms with Gasteiger partial charge in [-0.25, -0.2) is 0 Å². The average Bonchev–Trinajstić information content (AvgIpc) is 2.43. The molecule has 0 spiro atoms. The molecule has 0 aromatic carbocycles. The lowest BCUT2D eigenvalue weighted by Gasteiger charge is -2.41. The number of nitrogens with zero attached hydrogens (tertiary/aromatic N) is 1. The Hall–Kier alpha value is -1.10. The third kappa shape index (κ3) is 3.26. The van der Waals surface area contributed by atoms with Crippen LogP contribution in [0, 0.1) is 0 Å². The molecule has 0 aromatic heterocycles. The molecule has 1 N–H and O–H groups in total. The number of hydrogen-bond donors (Lipinski definition) is 1. The lowest BCUT2D eigenvalue weighted by Crippen LogP contribution is -2.61. The highest BCUT2D eigenvalue weighted by molar-refractivity contribution is 5.95. The number of rotatable bonds is 4. The van der Waals surface area contributed by atoms with E-state index in [2.05, 4.69) is 5.32 Å². The highest BCUT2D eigenvalue weighted by Crippen LogP contribution is 2.26. The van der Waals surface area contributed by atoms with Gasteiger partial charge < -0.3 is 15.0 Å². The summed E-state index contributed by atoms with van der Waals surface area (Å²) < 4.78 is 5.41. The Kier molecular flexibility index (Phi) is 4.80. The van der Waals surface area contributed by atoms with Crippen LogP contribution in [0.25, 0.3) is 0 Å². The second-order valence-corrected chi connectivity index (χ2v) is 5.55. The average molecular weight is 268 g/mol. The summed E-state index contributed by atoms with van der Waals surface area (Å²) in [5.41, 5.74) is 0. The van der Waals surface area contributed by atoms with Gasteiger partial charge in [0.05, 0.1) is 12.6 Å². The number of carbonyl (C=O) groups is 2. The monoisotopic (exact) mass is 268 g/mol. The molecular formula is C14H24N2O3. The SMILES string of the molecule is CCCC1NC(=O)CN(C2CCCC(OC)C2)C1=O. The Balaban J connectivity index is 2.04. The highest BCUT2D eigenvalue weighted by Gasteiger charge is 2.37. The third-order valence-electron chi connectivity index (χ3n) is 4.18. The van der Waals surface area contributed by atoms with Gasteiger partial charge in [-0.05, 0) is 32.1 Å². The van der Waals surface area contributed by atoms with Gasteiger partial charge in [0.15, 0.2) is 0 Å². The van der Waals surface area contributed by atoms with Gasteiger partial charge >= 0.3 is 0 Å².